The summed E-state index contributed by atoms with van der Waals surface area (Å²) in [6, 6.07) is 23.8. The summed E-state index contributed by atoms with van der Waals surface area (Å²) in [6.07, 6.45) is 0. The molecule has 45 heavy (non-hydrogen) atoms. The highest BCUT2D eigenvalue weighted by atomic mass is 16.6. The highest BCUT2D eigenvalue weighted by Crippen LogP contribution is 2.57. The van der Waals surface area contributed by atoms with Crippen LogP contribution in [0.25, 0.3) is 11.4 Å². The van der Waals surface area contributed by atoms with Gasteiger partial charge in [0.2, 0.25) is 11.7 Å². The summed E-state index contributed by atoms with van der Waals surface area (Å²) in [5.41, 5.74) is 1.76. The molecule has 1 saturated heterocycles. The number of ether oxygens (including phenoxy) is 2. The molecule has 0 radical (unpaired) electrons. The molecule has 11 heteroatoms. The van der Waals surface area contributed by atoms with Gasteiger partial charge in [0.05, 0.1) is 12.1 Å². The molecule has 1 fully saturated rings. The third kappa shape index (κ3) is 4.39. The lowest BCUT2D eigenvalue weighted by Crippen LogP contribution is -2.48. The van der Waals surface area contributed by atoms with Crippen LogP contribution in [0, 0.1) is 0 Å². The van der Waals surface area contributed by atoms with E-state index in [2.05, 4.69) is 15.0 Å². The van der Waals surface area contributed by atoms with Crippen LogP contribution in [0.2, 0.25) is 0 Å². The number of aromatic nitrogens is 2. The van der Waals surface area contributed by atoms with E-state index in [-0.39, 0.29) is 23.0 Å². The lowest BCUT2D eigenvalue weighted by atomic mass is 9.77. The van der Waals surface area contributed by atoms with Crippen molar-refractivity contribution >= 4 is 11.9 Å². The first-order valence-corrected chi connectivity index (χ1v) is 14.5. The maximum atomic E-state index is 13.6. The Morgan fingerprint density at radius 1 is 0.822 bits per heavy atom. The zero-order chi connectivity index (χ0) is 30.7. The molecule has 5 aromatic rings. The van der Waals surface area contributed by atoms with Crippen molar-refractivity contribution in [1.29, 1.82) is 0 Å². The highest BCUT2D eigenvalue weighted by molar-refractivity contribution is 6.01. The summed E-state index contributed by atoms with van der Waals surface area (Å²) in [4.78, 5) is 35.5. The second-order valence-corrected chi connectivity index (χ2v) is 11.2. The van der Waals surface area contributed by atoms with Gasteiger partial charge in [0.1, 0.15) is 23.0 Å². The van der Waals surface area contributed by atoms with Crippen molar-refractivity contribution in [3.05, 3.63) is 119 Å². The predicted molar refractivity (Wildman–Crippen MR) is 159 cm³/mol. The molecule has 1 amide bonds. The van der Waals surface area contributed by atoms with Gasteiger partial charge in [0.15, 0.2) is 5.60 Å². The second kappa shape index (κ2) is 10.2. The summed E-state index contributed by atoms with van der Waals surface area (Å²) < 4.78 is 17.6. The van der Waals surface area contributed by atoms with Crippen molar-refractivity contribution in [2.24, 2.45) is 0 Å². The normalized spacial score (nSPS) is 16.4. The van der Waals surface area contributed by atoms with Gasteiger partial charge in [-0.2, -0.15) is 4.98 Å². The largest absolute Gasteiger partial charge is 0.508 e. The number of amides is 1. The van der Waals surface area contributed by atoms with Crippen LogP contribution >= 0.6 is 0 Å². The molecule has 8 rings (SSSR count). The monoisotopic (exact) mass is 602 g/mol. The molecule has 3 aliphatic rings. The lowest BCUT2D eigenvalue weighted by molar-refractivity contribution is 0.0224. The topological polar surface area (TPSA) is 138 Å². The number of phenols is 2. The number of carbonyl (C=O) groups excluding carboxylic acids is 2. The van der Waals surface area contributed by atoms with Gasteiger partial charge in [-0.05, 0) is 36.4 Å². The zero-order valence-electron chi connectivity index (χ0n) is 23.8. The Bertz CT molecular complexity index is 1930. The SMILES string of the molecule is O=C1OC2(c3ccc(O)cc3Oc3cc(O)ccc32)c2ccc(C(=O)N3CCN(Cc4nc(-c5ccccc5)no4)CC3)cc21. The number of hydrogen-bond donors (Lipinski definition) is 2. The van der Waals surface area contributed by atoms with Crippen LogP contribution in [-0.4, -0.2) is 68.2 Å². The summed E-state index contributed by atoms with van der Waals surface area (Å²) in [7, 11) is 0. The fourth-order valence-electron chi connectivity index (χ4n) is 6.34. The Morgan fingerprint density at radius 2 is 1.49 bits per heavy atom. The first kappa shape index (κ1) is 26.9. The van der Waals surface area contributed by atoms with Gasteiger partial charge in [0.25, 0.3) is 5.91 Å². The Kier molecular flexibility index (Phi) is 6.10. The fraction of sp³-hybridized carbons (Fsp3) is 0.176. The molecule has 224 valence electrons. The maximum absolute atomic E-state index is 13.6. The number of carbonyl (C=O) groups is 2. The smallest absolute Gasteiger partial charge is 0.340 e. The van der Waals surface area contributed by atoms with Crippen molar-refractivity contribution in [3.63, 3.8) is 0 Å². The molecule has 0 unspecified atom stereocenters. The Hall–Kier alpha value is -5.68. The van der Waals surface area contributed by atoms with Crippen LogP contribution < -0.4 is 4.74 Å². The van der Waals surface area contributed by atoms with Crippen molar-refractivity contribution in [1.82, 2.24) is 19.9 Å². The number of nitrogens with zero attached hydrogens (tertiary/aromatic N) is 4. The van der Waals surface area contributed by atoms with Gasteiger partial charge in [-0.3, -0.25) is 9.69 Å². The number of phenolic OH excluding ortho intramolecular Hbond substituents is 2. The minimum absolute atomic E-state index is 0.0212. The van der Waals surface area contributed by atoms with Gasteiger partial charge in [-0.1, -0.05) is 41.6 Å². The van der Waals surface area contributed by atoms with Gasteiger partial charge in [-0.25, -0.2) is 4.79 Å². The Balaban J connectivity index is 1.03. The molecular formula is C34H26N4O7. The van der Waals surface area contributed by atoms with Crippen LogP contribution in [0.5, 0.6) is 23.0 Å². The van der Waals surface area contributed by atoms with E-state index in [4.69, 9.17) is 14.0 Å². The molecule has 0 atom stereocenters. The zero-order valence-corrected chi connectivity index (χ0v) is 23.8. The van der Waals surface area contributed by atoms with Gasteiger partial charge in [-0.15, -0.1) is 0 Å². The molecule has 11 nitrogen and oxygen atoms in total. The van der Waals surface area contributed by atoms with Gasteiger partial charge >= 0.3 is 5.97 Å². The summed E-state index contributed by atoms with van der Waals surface area (Å²) in [5, 5.41) is 24.4. The van der Waals surface area contributed by atoms with E-state index in [0.717, 1.165) is 5.56 Å². The van der Waals surface area contributed by atoms with Crippen LogP contribution in [-0.2, 0) is 16.9 Å². The number of fused-ring (bicyclic) bond motifs is 6. The number of rotatable bonds is 4. The lowest BCUT2D eigenvalue weighted by Gasteiger charge is -2.36. The summed E-state index contributed by atoms with van der Waals surface area (Å²) >= 11 is 0. The molecule has 4 aromatic carbocycles. The molecule has 1 aromatic heterocycles. The minimum Gasteiger partial charge on any atom is -0.508 e. The van der Waals surface area contributed by atoms with Gasteiger partial charge in [0, 0.05) is 66.1 Å². The minimum atomic E-state index is -1.38. The van der Waals surface area contributed by atoms with E-state index < -0.39 is 11.6 Å². The van der Waals surface area contributed by atoms with Crippen LogP contribution in [0.15, 0.2) is 89.5 Å². The van der Waals surface area contributed by atoms with E-state index in [9.17, 15) is 19.8 Å². The number of benzene rings is 4. The number of aromatic hydroxyl groups is 2. The van der Waals surface area contributed by atoms with Crippen LogP contribution in [0.4, 0.5) is 0 Å². The molecule has 0 bridgehead atoms. The van der Waals surface area contributed by atoms with Crippen molar-refractivity contribution in [3.8, 4) is 34.4 Å². The average Bonchev–Trinajstić information content (AvgIpc) is 3.64. The van der Waals surface area contributed by atoms with Crippen molar-refractivity contribution in [2.45, 2.75) is 12.1 Å². The molecule has 2 N–H and O–H groups in total. The van der Waals surface area contributed by atoms with Crippen LogP contribution in [0.1, 0.15) is 43.3 Å². The third-order valence-corrected chi connectivity index (χ3v) is 8.54. The highest BCUT2D eigenvalue weighted by Gasteiger charge is 2.53. The van der Waals surface area contributed by atoms with Crippen molar-refractivity contribution < 1.29 is 33.8 Å². The second-order valence-electron chi connectivity index (χ2n) is 11.2. The maximum Gasteiger partial charge on any atom is 0.340 e. The molecular weight excluding hydrogens is 576 g/mol. The fourth-order valence-corrected chi connectivity index (χ4v) is 6.34. The van der Waals surface area contributed by atoms with E-state index in [1.54, 1.807) is 35.2 Å². The molecule has 0 saturated carbocycles. The standard InChI is InChI=1S/C34H26N4O7/c39-22-7-10-26-28(17-22)43-29-18-23(40)8-11-27(29)34(26)25-9-6-21(16-24(25)33(42)44-34)32(41)38-14-12-37(13-15-38)19-30-35-31(36-45-30)20-4-2-1-3-5-20/h1-11,16-18,39-40H,12-15,19H2. The van der Waals surface area contributed by atoms with E-state index >= 15 is 0 Å². The molecule has 3 aliphatic heterocycles. The first-order chi connectivity index (χ1) is 21.9. The quantitative estimate of drug-likeness (QED) is 0.279. The summed E-state index contributed by atoms with van der Waals surface area (Å²) in [6.45, 7) is 2.72. The first-order valence-electron chi connectivity index (χ1n) is 14.5. The van der Waals surface area contributed by atoms with E-state index in [1.165, 1.54) is 24.3 Å². The van der Waals surface area contributed by atoms with E-state index in [0.29, 0.717) is 78.2 Å². The Morgan fingerprint density at radius 3 is 2.18 bits per heavy atom. The summed E-state index contributed by atoms with van der Waals surface area (Å²) in [5.74, 6) is 0.838. The van der Waals surface area contributed by atoms with Gasteiger partial charge < -0.3 is 29.1 Å². The number of piperazine rings is 1. The number of hydrogen-bond acceptors (Lipinski definition) is 10. The molecule has 0 aliphatic carbocycles. The molecule has 4 heterocycles. The van der Waals surface area contributed by atoms with Crippen LogP contribution in [0.3, 0.4) is 0 Å². The third-order valence-electron chi connectivity index (χ3n) is 8.54. The molecule has 1 spiro atoms. The Labute approximate surface area is 256 Å². The van der Waals surface area contributed by atoms with E-state index in [1.807, 2.05) is 30.3 Å². The van der Waals surface area contributed by atoms with Crippen molar-refractivity contribution in [2.75, 3.05) is 26.2 Å². The average molecular weight is 603 g/mol. The predicted octanol–water partition coefficient (Wildman–Crippen LogP) is 4.67. The number of esters is 1.